The van der Waals surface area contributed by atoms with Gasteiger partial charge in [0.1, 0.15) is 4.75 Å². The molecule has 0 aromatic carbocycles. The van der Waals surface area contributed by atoms with Gasteiger partial charge in [0.05, 0.1) is 0 Å². The van der Waals surface area contributed by atoms with Crippen LogP contribution in [0.5, 0.6) is 0 Å². The van der Waals surface area contributed by atoms with Crippen LogP contribution in [0.4, 0.5) is 0 Å². The van der Waals surface area contributed by atoms with Crippen LogP contribution in [-0.2, 0) is 11.2 Å². The highest BCUT2D eigenvalue weighted by atomic mass is 32.2. The van der Waals surface area contributed by atoms with Gasteiger partial charge in [-0.05, 0) is 31.9 Å². The van der Waals surface area contributed by atoms with Gasteiger partial charge in [-0.3, -0.25) is 5.73 Å². The molecule has 0 saturated heterocycles. The van der Waals surface area contributed by atoms with E-state index >= 15 is 0 Å². The quantitative estimate of drug-likeness (QED) is 0.531. The molecule has 0 aliphatic heterocycles. The Bertz CT molecular complexity index is 69.3. The standard InChI is InChI=1S/C5H13NOS/c1-5(2,3)8(7)4-6/h4,6H2,1-3H3. The van der Waals surface area contributed by atoms with Crippen molar-refractivity contribution in [3.05, 3.63) is 0 Å². The first-order chi connectivity index (χ1) is 3.48. The van der Waals surface area contributed by atoms with Crippen LogP contribution in [0.2, 0.25) is 0 Å². The highest BCUT2D eigenvalue weighted by Crippen LogP contribution is 2.13. The van der Waals surface area contributed by atoms with Gasteiger partial charge < -0.3 is 4.55 Å². The van der Waals surface area contributed by atoms with Gasteiger partial charge in [0.15, 0.2) is 5.88 Å². The van der Waals surface area contributed by atoms with E-state index in [0.29, 0.717) is 0 Å². The average molecular weight is 135 g/mol. The van der Waals surface area contributed by atoms with E-state index in [1.807, 2.05) is 20.8 Å². The second kappa shape index (κ2) is 2.71. The van der Waals surface area contributed by atoms with Crippen molar-refractivity contribution >= 4 is 11.2 Å². The molecule has 2 nitrogen and oxygen atoms in total. The minimum atomic E-state index is -0.867. The van der Waals surface area contributed by atoms with Crippen LogP contribution in [0.3, 0.4) is 0 Å². The van der Waals surface area contributed by atoms with Crippen molar-refractivity contribution in [3.8, 4) is 0 Å². The second-order valence-corrected chi connectivity index (χ2v) is 4.87. The van der Waals surface area contributed by atoms with Crippen LogP contribution in [0, 0.1) is 0 Å². The zero-order valence-corrected chi connectivity index (χ0v) is 6.42. The van der Waals surface area contributed by atoms with Gasteiger partial charge in [-0.25, -0.2) is 0 Å². The number of hydrogen-bond donors (Lipinski definition) is 1. The Labute approximate surface area is 53.6 Å². The van der Waals surface area contributed by atoms with Gasteiger partial charge in [-0.15, -0.1) is 0 Å². The topological polar surface area (TPSA) is 49.1 Å². The molecule has 1 unspecified atom stereocenters. The summed E-state index contributed by atoms with van der Waals surface area (Å²) < 4.78 is 10.7. The Morgan fingerprint density at radius 1 is 1.50 bits per heavy atom. The van der Waals surface area contributed by atoms with Gasteiger partial charge in [0.25, 0.3) is 0 Å². The van der Waals surface area contributed by atoms with Crippen LogP contribution in [0.1, 0.15) is 20.8 Å². The van der Waals surface area contributed by atoms with Crippen molar-refractivity contribution in [2.45, 2.75) is 25.5 Å². The Morgan fingerprint density at radius 2 is 1.88 bits per heavy atom. The number of rotatable bonds is 1. The molecule has 0 fully saturated rings. The second-order valence-electron chi connectivity index (χ2n) is 2.62. The van der Waals surface area contributed by atoms with Gasteiger partial charge in [-0.1, -0.05) is 0 Å². The predicted molar refractivity (Wildman–Crippen MR) is 36.9 cm³/mol. The molecule has 0 aliphatic rings. The minimum absolute atomic E-state index is 0.144. The molecule has 0 rings (SSSR count). The van der Waals surface area contributed by atoms with Crippen molar-refractivity contribution < 1.29 is 4.55 Å². The first-order valence-electron chi connectivity index (χ1n) is 2.57. The largest absolute Gasteiger partial charge is 0.615 e. The van der Waals surface area contributed by atoms with E-state index in [9.17, 15) is 4.55 Å². The molecule has 0 saturated carbocycles. The van der Waals surface area contributed by atoms with E-state index in [-0.39, 0.29) is 10.6 Å². The third kappa shape index (κ3) is 2.55. The molecule has 0 spiro atoms. The molecule has 8 heavy (non-hydrogen) atoms. The van der Waals surface area contributed by atoms with Gasteiger partial charge in [-0.2, -0.15) is 0 Å². The fourth-order valence-corrected chi connectivity index (χ4v) is 0.750. The number of hydrogen-bond acceptors (Lipinski definition) is 2. The first kappa shape index (κ1) is 8.27. The van der Waals surface area contributed by atoms with Gasteiger partial charge in [0, 0.05) is 0 Å². The molecule has 0 heterocycles. The molecule has 1 atom stereocenters. The summed E-state index contributed by atoms with van der Waals surface area (Å²) in [7, 11) is 0. The van der Waals surface area contributed by atoms with Crippen molar-refractivity contribution in [3.63, 3.8) is 0 Å². The zero-order chi connectivity index (χ0) is 6.78. The fourth-order valence-electron chi connectivity index (χ4n) is 0.250. The van der Waals surface area contributed by atoms with Crippen molar-refractivity contribution in [2.75, 3.05) is 5.88 Å². The third-order valence-electron chi connectivity index (χ3n) is 0.834. The molecular formula is C5H13NOS. The van der Waals surface area contributed by atoms with Gasteiger partial charge in [0.2, 0.25) is 0 Å². The zero-order valence-electron chi connectivity index (χ0n) is 5.60. The lowest BCUT2D eigenvalue weighted by atomic mass is 10.3. The summed E-state index contributed by atoms with van der Waals surface area (Å²) in [6.45, 7) is 5.74. The normalized spacial score (nSPS) is 16.1. The summed E-state index contributed by atoms with van der Waals surface area (Å²) in [6.07, 6.45) is 0. The lowest BCUT2D eigenvalue weighted by Gasteiger charge is -2.22. The fraction of sp³-hybridized carbons (Fsp3) is 1.00. The van der Waals surface area contributed by atoms with Crippen molar-refractivity contribution in [1.82, 2.24) is 0 Å². The van der Waals surface area contributed by atoms with Crippen molar-refractivity contribution in [1.29, 1.82) is 0 Å². The lowest BCUT2D eigenvalue weighted by molar-refractivity contribution is 0.560. The number of nitrogens with two attached hydrogens (primary N) is 1. The maximum absolute atomic E-state index is 10.8. The smallest absolute Gasteiger partial charge is 0.155 e. The maximum atomic E-state index is 10.8. The average Bonchev–Trinajstić information content (AvgIpc) is 1.62. The Balaban J connectivity index is 3.62. The summed E-state index contributed by atoms with van der Waals surface area (Å²) >= 11 is -0.867. The minimum Gasteiger partial charge on any atom is -0.615 e. The van der Waals surface area contributed by atoms with E-state index in [2.05, 4.69) is 0 Å². The Hall–Kier alpha value is 0.270. The van der Waals surface area contributed by atoms with Crippen LogP contribution in [0.15, 0.2) is 0 Å². The SMILES string of the molecule is CC(C)(C)[S+]([O-])CN. The molecule has 0 bridgehead atoms. The summed E-state index contributed by atoms with van der Waals surface area (Å²) in [5.41, 5.74) is 5.16. The summed E-state index contributed by atoms with van der Waals surface area (Å²) in [6, 6.07) is 0. The molecule has 0 aromatic rings. The summed E-state index contributed by atoms with van der Waals surface area (Å²) in [5, 5.41) is 0. The molecule has 0 aliphatic carbocycles. The van der Waals surface area contributed by atoms with E-state index in [0.717, 1.165) is 0 Å². The Morgan fingerprint density at radius 3 is 1.88 bits per heavy atom. The van der Waals surface area contributed by atoms with E-state index in [1.54, 1.807) is 0 Å². The Kier molecular flexibility index (Phi) is 2.80. The molecular weight excluding hydrogens is 122 g/mol. The molecule has 2 N–H and O–H groups in total. The lowest BCUT2D eigenvalue weighted by Crippen LogP contribution is -2.33. The highest BCUT2D eigenvalue weighted by Gasteiger charge is 2.23. The predicted octanol–water partition coefficient (Wildman–Crippen LogP) is 0.450. The van der Waals surface area contributed by atoms with Crippen LogP contribution >= 0.6 is 0 Å². The molecule has 0 amide bonds. The van der Waals surface area contributed by atoms with Crippen molar-refractivity contribution in [2.24, 2.45) is 5.73 Å². The van der Waals surface area contributed by atoms with Gasteiger partial charge >= 0.3 is 0 Å². The summed E-state index contributed by atoms with van der Waals surface area (Å²) in [4.78, 5) is 0. The van der Waals surface area contributed by atoms with E-state index in [1.165, 1.54) is 0 Å². The van der Waals surface area contributed by atoms with E-state index < -0.39 is 11.2 Å². The van der Waals surface area contributed by atoms with Crippen LogP contribution in [0.25, 0.3) is 0 Å². The van der Waals surface area contributed by atoms with Crippen LogP contribution < -0.4 is 5.73 Å². The monoisotopic (exact) mass is 135 g/mol. The molecule has 50 valence electrons. The van der Waals surface area contributed by atoms with Crippen LogP contribution in [-0.4, -0.2) is 15.2 Å². The highest BCUT2D eigenvalue weighted by molar-refractivity contribution is 7.92. The maximum Gasteiger partial charge on any atom is 0.155 e. The van der Waals surface area contributed by atoms with E-state index in [4.69, 9.17) is 5.73 Å². The summed E-state index contributed by atoms with van der Waals surface area (Å²) in [5.74, 6) is 0.267. The molecule has 0 aromatic heterocycles. The molecule has 0 radical (unpaired) electrons. The first-order valence-corrected chi connectivity index (χ1v) is 3.89. The third-order valence-corrected chi connectivity index (χ3v) is 2.50. The molecule has 3 heteroatoms.